The largest absolute Gasteiger partial charge is 0.478 e. The predicted octanol–water partition coefficient (Wildman–Crippen LogP) is 5.26. The summed E-state index contributed by atoms with van der Waals surface area (Å²) >= 11 is 1.38. The van der Waals surface area contributed by atoms with E-state index in [9.17, 15) is 14.1 Å². The van der Waals surface area contributed by atoms with E-state index in [1.165, 1.54) is 11.8 Å². The second-order valence-electron chi connectivity index (χ2n) is 6.59. The van der Waals surface area contributed by atoms with Gasteiger partial charge in [0.25, 0.3) is 0 Å². The lowest BCUT2D eigenvalue weighted by Gasteiger charge is -2.11. The van der Waals surface area contributed by atoms with Crippen LogP contribution in [-0.4, -0.2) is 20.3 Å². The monoisotopic (exact) mass is 438 g/mol. The molecule has 4 rings (SSSR count). The molecular formula is C22H18N2O4S2. The molecule has 2 heterocycles. The highest BCUT2D eigenvalue weighted by Gasteiger charge is 2.15. The number of rotatable bonds is 7. The number of para-hydroxylation sites is 1. The number of benzene rings is 2. The molecule has 1 atom stereocenters. The number of aromatic nitrogens is 1. The smallest absolute Gasteiger partial charge is 0.335 e. The van der Waals surface area contributed by atoms with Gasteiger partial charge in [-0.25, -0.2) is 14.0 Å². The van der Waals surface area contributed by atoms with E-state index in [-0.39, 0.29) is 5.56 Å². The number of carbonyl (C=O) groups is 1. The van der Waals surface area contributed by atoms with Crippen LogP contribution >= 0.6 is 11.8 Å². The molecule has 30 heavy (non-hydrogen) atoms. The van der Waals surface area contributed by atoms with Crippen molar-refractivity contribution >= 4 is 45.4 Å². The van der Waals surface area contributed by atoms with Gasteiger partial charge in [0.15, 0.2) is 11.0 Å². The fourth-order valence-electron chi connectivity index (χ4n) is 2.94. The summed E-state index contributed by atoms with van der Waals surface area (Å²) in [5.41, 5.74) is 3.14. The molecule has 0 bridgehead atoms. The Labute approximate surface area is 179 Å². The zero-order valence-electron chi connectivity index (χ0n) is 16.0. The summed E-state index contributed by atoms with van der Waals surface area (Å²) in [6.07, 6.45) is 1.72. The van der Waals surface area contributed by atoms with Gasteiger partial charge in [0.05, 0.1) is 11.3 Å². The Morgan fingerprint density at radius 1 is 1.17 bits per heavy atom. The minimum absolute atomic E-state index is 0.262. The van der Waals surface area contributed by atoms with Crippen molar-refractivity contribution in [3.05, 3.63) is 83.6 Å². The van der Waals surface area contributed by atoms with E-state index in [1.807, 2.05) is 37.3 Å². The van der Waals surface area contributed by atoms with Crippen LogP contribution in [0.5, 0.6) is 0 Å². The lowest BCUT2D eigenvalue weighted by Crippen LogP contribution is -2.06. The molecule has 0 aliphatic rings. The molecule has 4 aromatic rings. The van der Waals surface area contributed by atoms with Gasteiger partial charge in [-0.05, 0) is 36.2 Å². The van der Waals surface area contributed by atoms with Crippen LogP contribution < -0.4 is 4.72 Å². The van der Waals surface area contributed by atoms with Crippen molar-refractivity contribution in [2.24, 2.45) is 0 Å². The fourth-order valence-corrected chi connectivity index (χ4v) is 4.80. The number of thioether (sulfide) groups is 1. The highest BCUT2D eigenvalue weighted by Crippen LogP contribution is 2.31. The number of nitrogens with one attached hydrogen (secondary N) is 1. The van der Waals surface area contributed by atoms with E-state index in [2.05, 4.69) is 9.71 Å². The van der Waals surface area contributed by atoms with Crippen molar-refractivity contribution < 1.29 is 18.5 Å². The van der Waals surface area contributed by atoms with E-state index in [0.717, 1.165) is 10.9 Å². The number of hydrogen-bond acceptors (Lipinski definition) is 5. The molecule has 0 fully saturated rings. The SMILES string of the molecule is Cc1cnc(SCc2ccccc2C(=O)O)c(NS(=O)c2cc3ccccc3o2)c1. The number of hydrogen-bond donors (Lipinski definition) is 2. The average Bonchev–Trinajstić information content (AvgIpc) is 3.18. The summed E-state index contributed by atoms with van der Waals surface area (Å²) in [7, 11) is -1.61. The lowest BCUT2D eigenvalue weighted by molar-refractivity contribution is 0.0696. The number of nitrogens with zero attached hydrogens (tertiary/aromatic N) is 1. The first-order chi connectivity index (χ1) is 14.5. The van der Waals surface area contributed by atoms with Gasteiger partial charge < -0.3 is 9.52 Å². The molecule has 0 spiro atoms. The van der Waals surface area contributed by atoms with E-state index in [0.29, 0.717) is 32.7 Å². The molecule has 8 heteroatoms. The van der Waals surface area contributed by atoms with Crippen LogP contribution in [-0.2, 0) is 16.7 Å². The molecule has 0 aliphatic carbocycles. The molecule has 152 valence electrons. The van der Waals surface area contributed by atoms with Gasteiger partial charge in [-0.15, -0.1) is 0 Å². The van der Waals surface area contributed by atoms with Crippen molar-refractivity contribution in [1.82, 2.24) is 4.98 Å². The number of aromatic carboxylic acids is 1. The summed E-state index contributed by atoms with van der Waals surface area (Å²) in [6.45, 7) is 1.90. The lowest BCUT2D eigenvalue weighted by atomic mass is 10.1. The first-order valence-electron chi connectivity index (χ1n) is 9.09. The van der Waals surface area contributed by atoms with Crippen molar-refractivity contribution in [2.45, 2.75) is 22.8 Å². The standard InChI is InChI=1S/C22H18N2O4S2/c1-14-10-18(24-30(27)20-11-15-6-3-5-9-19(15)28-20)21(23-12-14)29-13-16-7-2-4-8-17(16)22(25)26/h2-12,24H,13H2,1H3,(H,25,26). The first kappa shape index (κ1) is 20.2. The van der Waals surface area contributed by atoms with Crippen LogP contribution in [0.1, 0.15) is 21.5 Å². The number of carboxylic acids is 1. The third-order valence-corrected chi connectivity index (χ3v) is 6.41. The molecule has 6 nitrogen and oxygen atoms in total. The normalized spacial score (nSPS) is 12.0. The molecule has 1 unspecified atom stereocenters. The average molecular weight is 439 g/mol. The van der Waals surface area contributed by atoms with Crippen LogP contribution in [0.2, 0.25) is 0 Å². The molecule has 2 aromatic carbocycles. The second kappa shape index (κ2) is 8.73. The number of fused-ring (bicyclic) bond motifs is 1. The maximum Gasteiger partial charge on any atom is 0.335 e. The fraction of sp³-hybridized carbons (Fsp3) is 0.0909. The Bertz CT molecular complexity index is 1220. The van der Waals surface area contributed by atoms with Crippen LogP contribution in [0.15, 0.2) is 81.4 Å². The number of pyridine rings is 1. The highest BCUT2D eigenvalue weighted by molar-refractivity contribution is 7.98. The highest BCUT2D eigenvalue weighted by atomic mass is 32.2. The number of carboxylic acid groups (broad SMARTS) is 1. The molecule has 0 aliphatic heterocycles. The Kier molecular flexibility index (Phi) is 5.87. The molecule has 2 N–H and O–H groups in total. The van der Waals surface area contributed by atoms with E-state index < -0.39 is 17.0 Å². The van der Waals surface area contributed by atoms with Crippen molar-refractivity contribution in [3.8, 4) is 0 Å². The Hall–Kier alpha value is -3.10. The van der Waals surface area contributed by atoms with Gasteiger partial charge in [-0.1, -0.05) is 48.2 Å². The molecule has 0 radical (unpaired) electrons. The van der Waals surface area contributed by atoms with Gasteiger partial charge in [-0.3, -0.25) is 4.72 Å². The first-order valence-corrected chi connectivity index (χ1v) is 11.2. The van der Waals surface area contributed by atoms with E-state index in [1.54, 1.807) is 36.5 Å². The van der Waals surface area contributed by atoms with Gasteiger partial charge in [0.1, 0.15) is 10.6 Å². The molecule has 2 aromatic heterocycles. The van der Waals surface area contributed by atoms with Crippen LogP contribution in [0.3, 0.4) is 0 Å². The zero-order valence-corrected chi connectivity index (χ0v) is 17.6. The van der Waals surface area contributed by atoms with Crippen molar-refractivity contribution in [2.75, 3.05) is 4.72 Å². The molecule has 0 amide bonds. The van der Waals surface area contributed by atoms with Crippen LogP contribution in [0.4, 0.5) is 5.69 Å². The summed E-state index contributed by atoms with van der Waals surface area (Å²) < 4.78 is 21.5. The van der Waals surface area contributed by atoms with Crippen molar-refractivity contribution in [1.29, 1.82) is 0 Å². The molecule has 0 saturated carbocycles. The minimum atomic E-state index is -1.61. The quantitative estimate of drug-likeness (QED) is 0.382. The maximum atomic E-state index is 12.9. The van der Waals surface area contributed by atoms with Gasteiger partial charge in [0, 0.05) is 23.4 Å². The third kappa shape index (κ3) is 4.39. The number of furan rings is 1. The van der Waals surface area contributed by atoms with Crippen molar-refractivity contribution in [3.63, 3.8) is 0 Å². The minimum Gasteiger partial charge on any atom is -0.478 e. The molecule has 0 saturated heterocycles. The van der Waals surface area contributed by atoms with Gasteiger partial charge in [0.2, 0.25) is 5.09 Å². The third-order valence-electron chi connectivity index (χ3n) is 4.39. The van der Waals surface area contributed by atoms with Crippen LogP contribution in [0.25, 0.3) is 11.0 Å². The summed E-state index contributed by atoms with van der Waals surface area (Å²) in [6, 6.07) is 18.0. The Balaban J connectivity index is 1.56. The van der Waals surface area contributed by atoms with E-state index in [4.69, 9.17) is 4.42 Å². The maximum absolute atomic E-state index is 12.9. The number of aryl methyl sites for hydroxylation is 1. The van der Waals surface area contributed by atoms with Gasteiger partial charge in [-0.2, -0.15) is 0 Å². The zero-order chi connectivity index (χ0) is 21.1. The Morgan fingerprint density at radius 2 is 1.93 bits per heavy atom. The number of anilines is 1. The summed E-state index contributed by atoms with van der Waals surface area (Å²) in [5, 5.41) is 11.2. The predicted molar refractivity (Wildman–Crippen MR) is 118 cm³/mol. The van der Waals surface area contributed by atoms with Crippen LogP contribution in [0, 0.1) is 6.92 Å². The van der Waals surface area contributed by atoms with Gasteiger partial charge >= 0.3 is 5.97 Å². The summed E-state index contributed by atoms with van der Waals surface area (Å²) in [4.78, 5) is 15.9. The molecular weight excluding hydrogens is 420 g/mol. The Morgan fingerprint density at radius 3 is 2.73 bits per heavy atom. The van der Waals surface area contributed by atoms with E-state index >= 15 is 0 Å². The summed E-state index contributed by atoms with van der Waals surface area (Å²) in [5.74, 6) is -0.544. The topological polar surface area (TPSA) is 92.4 Å². The second-order valence-corrected chi connectivity index (χ2v) is 8.70.